The Morgan fingerprint density at radius 2 is 1.93 bits per heavy atom. The Labute approximate surface area is 91.7 Å². The molecule has 2 N–H and O–H groups in total. The SMILES string of the molecule is NC[C@@H]1CC1(c1ccccc1)C1CCC1. The van der Waals surface area contributed by atoms with Gasteiger partial charge in [-0.05, 0) is 43.2 Å². The third-order valence-corrected chi connectivity index (χ3v) is 4.58. The maximum Gasteiger partial charge on any atom is 0.00252 e. The number of hydrogen-bond acceptors (Lipinski definition) is 1. The summed E-state index contributed by atoms with van der Waals surface area (Å²) in [6.45, 7) is 0.866. The quantitative estimate of drug-likeness (QED) is 0.799. The van der Waals surface area contributed by atoms with E-state index in [1.54, 1.807) is 5.56 Å². The molecule has 0 saturated heterocycles. The Kier molecular flexibility index (Phi) is 2.10. The van der Waals surface area contributed by atoms with E-state index < -0.39 is 0 Å². The van der Waals surface area contributed by atoms with Crippen LogP contribution in [0, 0.1) is 11.8 Å². The van der Waals surface area contributed by atoms with E-state index in [1.807, 2.05) is 0 Å². The molecule has 3 rings (SSSR count). The van der Waals surface area contributed by atoms with Gasteiger partial charge in [0.25, 0.3) is 0 Å². The predicted molar refractivity (Wildman–Crippen MR) is 62.6 cm³/mol. The highest BCUT2D eigenvalue weighted by Gasteiger charge is 2.59. The highest BCUT2D eigenvalue weighted by atomic mass is 14.7. The third kappa shape index (κ3) is 1.26. The standard InChI is InChI=1S/C14H19N/c15-10-13-9-14(13,12-7-4-8-12)11-5-2-1-3-6-11/h1-3,5-6,12-13H,4,7-10,15H2/t13-,14?/m0/s1. The second-order valence-corrected chi connectivity index (χ2v) is 5.17. The molecular formula is C14H19N. The Hall–Kier alpha value is -0.820. The first-order valence-electron chi connectivity index (χ1n) is 6.13. The fraction of sp³-hybridized carbons (Fsp3) is 0.571. The molecule has 1 aromatic rings. The van der Waals surface area contributed by atoms with Crippen LogP contribution in [0.1, 0.15) is 31.2 Å². The van der Waals surface area contributed by atoms with Gasteiger partial charge in [-0.2, -0.15) is 0 Å². The summed E-state index contributed by atoms with van der Waals surface area (Å²) >= 11 is 0. The predicted octanol–water partition coefficient (Wildman–Crippen LogP) is 2.70. The molecular weight excluding hydrogens is 182 g/mol. The minimum Gasteiger partial charge on any atom is -0.330 e. The van der Waals surface area contributed by atoms with Crippen LogP contribution in [0.25, 0.3) is 0 Å². The van der Waals surface area contributed by atoms with Crippen molar-refractivity contribution < 1.29 is 0 Å². The van der Waals surface area contributed by atoms with Gasteiger partial charge < -0.3 is 5.73 Å². The van der Waals surface area contributed by atoms with Crippen molar-refractivity contribution in [1.29, 1.82) is 0 Å². The smallest absolute Gasteiger partial charge is 0.00252 e. The van der Waals surface area contributed by atoms with Crippen LogP contribution >= 0.6 is 0 Å². The van der Waals surface area contributed by atoms with Gasteiger partial charge >= 0.3 is 0 Å². The van der Waals surface area contributed by atoms with Crippen molar-refractivity contribution in [3.63, 3.8) is 0 Å². The molecule has 80 valence electrons. The van der Waals surface area contributed by atoms with E-state index in [0.29, 0.717) is 5.41 Å². The highest BCUT2D eigenvalue weighted by molar-refractivity contribution is 5.36. The lowest BCUT2D eigenvalue weighted by Crippen LogP contribution is -2.30. The lowest BCUT2D eigenvalue weighted by atomic mass is 9.69. The molecule has 2 fully saturated rings. The van der Waals surface area contributed by atoms with E-state index in [1.165, 1.54) is 25.7 Å². The summed E-state index contributed by atoms with van der Waals surface area (Å²) in [7, 11) is 0. The fourth-order valence-corrected chi connectivity index (χ4v) is 3.40. The summed E-state index contributed by atoms with van der Waals surface area (Å²) < 4.78 is 0. The maximum atomic E-state index is 5.86. The number of rotatable bonds is 3. The summed E-state index contributed by atoms with van der Waals surface area (Å²) in [5, 5.41) is 0. The van der Waals surface area contributed by atoms with Gasteiger partial charge in [-0.15, -0.1) is 0 Å². The molecule has 15 heavy (non-hydrogen) atoms. The van der Waals surface area contributed by atoms with Crippen molar-refractivity contribution in [2.24, 2.45) is 17.6 Å². The molecule has 2 aliphatic rings. The average Bonchev–Trinajstić information content (AvgIpc) is 2.92. The Morgan fingerprint density at radius 1 is 1.20 bits per heavy atom. The molecule has 2 saturated carbocycles. The van der Waals surface area contributed by atoms with E-state index in [0.717, 1.165) is 18.4 Å². The summed E-state index contributed by atoms with van der Waals surface area (Å²) in [4.78, 5) is 0. The molecule has 1 aromatic carbocycles. The van der Waals surface area contributed by atoms with Gasteiger partial charge in [-0.1, -0.05) is 36.8 Å². The van der Waals surface area contributed by atoms with Crippen molar-refractivity contribution in [2.75, 3.05) is 6.54 Å². The van der Waals surface area contributed by atoms with Gasteiger partial charge in [0.15, 0.2) is 0 Å². The van der Waals surface area contributed by atoms with Gasteiger partial charge in [0.05, 0.1) is 0 Å². The zero-order valence-corrected chi connectivity index (χ0v) is 9.15. The monoisotopic (exact) mass is 201 g/mol. The molecule has 0 bridgehead atoms. The Morgan fingerprint density at radius 3 is 2.40 bits per heavy atom. The number of hydrogen-bond donors (Lipinski definition) is 1. The summed E-state index contributed by atoms with van der Waals surface area (Å²) in [6, 6.07) is 11.0. The van der Waals surface area contributed by atoms with Crippen molar-refractivity contribution in [2.45, 2.75) is 31.1 Å². The molecule has 0 heterocycles. The van der Waals surface area contributed by atoms with Gasteiger partial charge in [-0.25, -0.2) is 0 Å². The maximum absolute atomic E-state index is 5.86. The van der Waals surface area contributed by atoms with Gasteiger partial charge in [0.1, 0.15) is 0 Å². The molecule has 2 atom stereocenters. The average molecular weight is 201 g/mol. The zero-order chi connectivity index (χ0) is 10.3. The Balaban J connectivity index is 1.92. The van der Waals surface area contributed by atoms with Gasteiger partial charge in [0.2, 0.25) is 0 Å². The van der Waals surface area contributed by atoms with Gasteiger partial charge in [-0.3, -0.25) is 0 Å². The normalized spacial score (nSPS) is 34.9. The Bertz CT molecular complexity index is 342. The first kappa shape index (κ1) is 9.41. The molecule has 1 heteroatoms. The van der Waals surface area contributed by atoms with E-state index in [2.05, 4.69) is 30.3 Å². The molecule has 0 radical (unpaired) electrons. The lowest BCUT2D eigenvalue weighted by Gasteiger charge is -2.35. The van der Waals surface area contributed by atoms with Crippen LogP contribution in [0.3, 0.4) is 0 Å². The van der Waals surface area contributed by atoms with Crippen LogP contribution in [0.5, 0.6) is 0 Å². The number of nitrogens with two attached hydrogens (primary N) is 1. The van der Waals surface area contributed by atoms with E-state index in [-0.39, 0.29) is 0 Å². The van der Waals surface area contributed by atoms with E-state index >= 15 is 0 Å². The van der Waals surface area contributed by atoms with Crippen LogP contribution in [0.4, 0.5) is 0 Å². The van der Waals surface area contributed by atoms with E-state index in [9.17, 15) is 0 Å². The van der Waals surface area contributed by atoms with E-state index in [4.69, 9.17) is 5.73 Å². The lowest BCUT2D eigenvalue weighted by molar-refractivity contribution is 0.231. The fourth-order valence-electron chi connectivity index (χ4n) is 3.40. The minimum atomic E-state index is 0.480. The minimum absolute atomic E-state index is 0.480. The van der Waals surface area contributed by atoms with Crippen LogP contribution < -0.4 is 5.73 Å². The summed E-state index contributed by atoms with van der Waals surface area (Å²) in [5.41, 5.74) is 7.89. The molecule has 1 nitrogen and oxygen atoms in total. The van der Waals surface area contributed by atoms with Crippen LogP contribution in [0.15, 0.2) is 30.3 Å². The summed E-state index contributed by atoms with van der Waals surface area (Å²) in [6.07, 6.45) is 5.60. The molecule has 2 aliphatic carbocycles. The highest BCUT2D eigenvalue weighted by Crippen LogP contribution is 2.63. The van der Waals surface area contributed by atoms with Crippen LogP contribution in [-0.4, -0.2) is 6.54 Å². The largest absolute Gasteiger partial charge is 0.330 e. The van der Waals surface area contributed by atoms with Crippen molar-refractivity contribution in [3.8, 4) is 0 Å². The van der Waals surface area contributed by atoms with Crippen LogP contribution in [-0.2, 0) is 5.41 Å². The molecule has 1 unspecified atom stereocenters. The molecule has 0 spiro atoms. The summed E-state index contributed by atoms with van der Waals surface area (Å²) in [5.74, 6) is 1.68. The van der Waals surface area contributed by atoms with Gasteiger partial charge in [0, 0.05) is 5.41 Å². The molecule has 0 aromatic heterocycles. The first-order valence-corrected chi connectivity index (χ1v) is 6.13. The molecule has 0 aliphatic heterocycles. The third-order valence-electron chi connectivity index (χ3n) is 4.58. The number of benzene rings is 1. The zero-order valence-electron chi connectivity index (χ0n) is 9.15. The van der Waals surface area contributed by atoms with Crippen molar-refractivity contribution in [3.05, 3.63) is 35.9 Å². The first-order chi connectivity index (χ1) is 7.38. The van der Waals surface area contributed by atoms with Crippen molar-refractivity contribution >= 4 is 0 Å². The van der Waals surface area contributed by atoms with Crippen molar-refractivity contribution in [1.82, 2.24) is 0 Å². The topological polar surface area (TPSA) is 26.0 Å². The second-order valence-electron chi connectivity index (χ2n) is 5.17. The molecule has 0 amide bonds. The second kappa shape index (κ2) is 3.34. The van der Waals surface area contributed by atoms with Crippen LogP contribution in [0.2, 0.25) is 0 Å².